The van der Waals surface area contributed by atoms with E-state index in [1.54, 1.807) is 24.0 Å². The van der Waals surface area contributed by atoms with Crippen molar-refractivity contribution >= 4 is 0 Å². The SMILES string of the molecule is CC[NH+]1CC[NH+]([C@H]2C[NH2+]Cc3cc(OC)cc(OC)c32)CC1. The Morgan fingerprint density at radius 2 is 1.91 bits per heavy atom. The van der Waals surface area contributed by atoms with E-state index in [1.165, 1.54) is 43.9 Å². The lowest BCUT2D eigenvalue weighted by Gasteiger charge is -2.36. The first-order valence-corrected chi connectivity index (χ1v) is 8.51. The highest BCUT2D eigenvalue weighted by Gasteiger charge is 2.37. The number of piperazine rings is 1. The molecule has 5 heteroatoms. The Kier molecular flexibility index (Phi) is 4.86. The minimum Gasteiger partial charge on any atom is -0.497 e. The van der Waals surface area contributed by atoms with Gasteiger partial charge in [0.05, 0.1) is 26.3 Å². The molecule has 0 spiro atoms. The molecule has 0 unspecified atom stereocenters. The first kappa shape index (κ1) is 15.6. The minimum atomic E-state index is 0.544. The molecule has 4 N–H and O–H groups in total. The zero-order chi connectivity index (χ0) is 15.5. The molecule has 2 heterocycles. The van der Waals surface area contributed by atoms with E-state index in [2.05, 4.69) is 18.3 Å². The van der Waals surface area contributed by atoms with Crippen molar-refractivity contribution < 1.29 is 24.6 Å². The van der Waals surface area contributed by atoms with Gasteiger partial charge in [0, 0.05) is 11.6 Å². The van der Waals surface area contributed by atoms with Crippen LogP contribution in [0, 0.1) is 0 Å². The summed E-state index contributed by atoms with van der Waals surface area (Å²) in [6.07, 6.45) is 0. The summed E-state index contributed by atoms with van der Waals surface area (Å²) >= 11 is 0. The largest absolute Gasteiger partial charge is 0.497 e. The average molecular weight is 308 g/mol. The maximum Gasteiger partial charge on any atom is 0.167 e. The summed E-state index contributed by atoms with van der Waals surface area (Å²) in [6, 6.07) is 4.78. The summed E-state index contributed by atoms with van der Waals surface area (Å²) in [6.45, 7) is 10.8. The van der Waals surface area contributed by atoms with E-state index in [9.17, 15) is 0 Å². The number of likely N-dealkylation sites (N-methyl/N-ethyl adjacent to an activating group) is 1. The van der Waals surface area contributed by atoms with E-state index in [1.807, 2.05) is 6.07 Å². The maximum absolute atomic E-state index is 5.71. The van der Waals surface area contributed by atoms with E-state index in [4.69, 9.17) is 9.47 Å². The van der Waals surface area contributed by atoms with Gasteiger partial charge >= 0.3 is 0 Å². The van der Waals surface area contributed by atoms with Gasteiger partial charge in [-0.1, -0.05) is 0 Å². The van der Waals surface area contributed by atoms with Gasteiger partial charge in [0.15, 0.2) is 6.04 Å². The van der Waals surface area contributed by atoms with Crippen molar-refractivity contribution in [1.29, 1.82) is 0 Å². The molecule has 1 aromatic rings. The van der Waals surface area contributed by atoms with Gasteiger partial charge in [0.1, 0.15) is 50.8 Å². The van der Waals surface area contributed by atoms with Gasteiger partial charge in [-0.25, -0.2) is 0 Å². The van der Waals surface area contributed by atoms with Gasteiger partial charge in [0.2, 0.25) is 0 Å². The minimum absolute atomic E-state index is 0.544. The van der Waals surface area contributed by atoms with Crippen LogP contribution in [0.25, 0.3) is 0 Å². The van der Waals surface area contributed by atoms with Crippen LogP contribution in [-0.4, -0.2) is 53.5 Å². The van der Waals surface area contributed by atoms with E-state index in [0.29, 0.717) is 6.04 Å². The Bertz CT molecular complexity index is 496. The molecule has 2 aliphatic heterocycles. The molecule has 0 amide bonds. The first-order valence-electron chi connectivity index (χ1n) is 8.51. The second-order valence-electron chi connectivity index (χ2n) is 6.45. The summed E-state index contributed by atoms with van der Waals surface area (Å²) in [4.78, 5) is 3.46. The molecule has 2 aliphatic rings. The molecule has 1 aromatic carbocycles. The van der Waals surface area contributed by atoms with E-state index < -0.39 is 0 Å². The monoisotopic (exact) mass is 308 g/mol. The first-order chi connectivity index (χ1) is 10.8. The lowest BCUT2D eigenvalue weighted by atomic mass is 9.93. The van der Waals surface area contributed by atoms with Gasteiger partial charge < -0.3 is 24.6 Å². The number of hydrogen-bond acceptors (Lipinski definition) is 2. The summed E-state index contributed by atoms with van der Waals surface area (Å²) in [7, 11) is 3.50. The van der Waals surface area contributed by atoms with Crippen molar-refractivity contribution in [2.45, 2.75) is 19.5 Å². The Morgan fingerprint density at radius 3 is 2.55 bits per heavy atom. The van der Waals surface area contributed by atoms with Gasteiger partial charge in [-0.3, -0.25) is 0 Å². The molecule has 0 aromatic heterocycles. The number of nitrogens with two attached hydrogens (primary N) is 1. The highest BCUT2D eigenvalue weighted by molar-refractivity contribution is 5.48. The summed E-state index contributed by atoms with van der Waals surface area (Å²) < 4.78 is 11.1. The van der Waals surface area contributed by atoms with Crippen molar-refractivity contribution in [3.05, 3.63) is 23.3 Å². The molecular formula is C17H30N3O2+3. The predicted molar refractivity (Wildman–Crippen MR) is 84.7 cm³/mol. The predicted octanol–water partition coefficient (Wildman–Crippen LogP) is -2.37. The molecule has 1 atom stereocenters. The molecule has 0 bridgehead atoms. The Labute approximate surface area is 133 Å². The topological polar surface area (TPSA) is 44.0 Å². The number of benzene rings is 1. The number of nitrogens with one attached hydrogen (secondary N) is 2. The van der Waals surface area contributed by atoms with Crippen LogP contribution in [0.4, 0.5) is 0 Å². The summed E-state index contributed by atoms with van der Waals surface area (Å²) in [5.74, 6) is 1.91. The number of fused-ring (bicyclic) bond motifs is 1. The maximum atomic E-state index is 5.71. The molecule has 122 valence electrons. The van der Waals surface area contributed by atoms with Crippen LogP contribution in [0.15, 0.2) is 12.1 Å². The van der Waals surface area contributed by atoms with E-state index in [0.717, 1.165) is 24.6 Å². The van der Waals surface area contributed by atoms with Crippen molar-refractivity contribution in [1.82, 2.24) is 0 Å². The Balaban J connectivity index is 1.87. The molecule has 3 rings (SSSR count). The van der Waals surface area contributed by atoms with Crippen molar-refractivity contribution in [2.24, 2.45) is 0 Å². The zero-order valence-corrected chi connectivity index (χ0v) is 14.1. The van der Waals surface area contributed by atoms with Crippen LogP contribution in [0.3, 0.4) is 0 Å². The zero-order valence-electron chi connectivity index (χ0n) is 14.1. The van der Waals surface area contributed by atoms with Crippen molar-refractivity contribution in [2.75, 3.05) is 53.5 Å². The van der Waals surface area contributed by atoms with E-state index in [-0.39, 0.29) is 0 Å². The number of hydrogen-bond donors (Lipinski definition) is 3. The fourth-order valence-corrected chi connectivity index (χ4v) is 4.03. The highest BCUT2D eigenvalue weighted by Crippen LogP contribution is 2.33. The smallest absolute Gasteiger partial charge is 0.167 e. The third kappa shape index (κ3) is 2.93. The van der Waals surface area contributed by atoms with Crippen LogP contribution < -0.4 is 24.6 Å². The number of rotatable bonds is 4. The summed E-state index contributed by atoms with van der Waals surface area (Å²) in [5, 5.41) is 2.43. The fraction of sp³-hybridized carbons (Fsp3) is 0.647. The standard InChI is InChI=1S/C17H27N3O2/c1-4-19-5-7-20(8-6-19)15-12-18-11-13-9-14(21-2)10-16(22-3)17(13)15/h9-10,15,18H,4-8,11-12H2,1-3H3/p+3/t15-/m0/s1. The van der Waals surface area contributed by atoms with Crippen LogP contribution in [0.1, 0.15) is 24.1 Å². The van der Waals surface area contributed by atoms with Crippen LogP contribution in [0.5, 0.6) is 11.5 Å². The summed E-state index contributed by atoms with van der Waals surface area (Å²) in [5.41, 5.74) is 2.80. The lowest BCUT2D eigenvalue weighted by molar-refractivity contribution is -1.03. The van der Waals surface area contributed by atoms with Crippen LogP contribution in [-0.2, 0) is 6.54 Å². The molecule has 1 saturated heterocycles. The normalized spacial score (nSPS) is 28.0. The average Bonchev–Trinajstić information content (AvgIpc) is 2.60. The number of quaternary nitrogens is 3. The Morgan fingerprint density at radius 1 is 1.14 bits per heavy atom. The molecule has 0 aliphatic carbocycles. The Hall–Kier alpha value is -1.30. The molecule has 5 nitrogen and oxygen atoms in total. The van der Waals surface area contributed by atoms with Crippen molar-refractivity contribution in [3.63, 3.8) is 0 Å². The second-order valence-corrected chi connectivity index (χ2v) is 6.45. The number of methoxy groups -OCH3 is 2. The van der Waals surface area contributed by atoms with Gasteiger partial charge in [-0.05, 0) is 13.0 Å². The lowest BCUT2D eigenvalue weighted by Crippen LogP contribution is -3.28. The van der Waals surface area contributed by atoms with Crippen LogP contribution in [0.2, 0.25) is 0 Å². The molecule has 1 fully saturated rings. The van der Waals surface area contributed by atoms with Crippen molar-refractivity contribution in [3.8, 4) is 11.5 Å². The molecule has 0 radical (unpaired) electrons. The van der Waals surface area contributed by atoms with Gasteiger partial charge in [-0.2, -0.15) is 0 Å². The molecule has 22 heavy (non-hydrogen) atoms. The molecule has 0 saturated carbocycles. The second kappa shape index (κ2) is 6.86. The quantitative estimate of drug-likeness (QED) is 0.582. The highest BCUT2D eigenvalue weighted by atomic mass is 16.5. The van der Waals surface area contributed by atoms with Gasteiger partial charge in [-0.15, -0.1) is 0 Å². The fourth-order valence-electron chi connectivity index (χ4n) is 4.03. The third-order valence-corrected chi connectivity index (χ3v) is 5.36. The third-order valence-electron chi connectivity index (χ3n) is 5.36. The number of ether oxygens (including phenoxy) is 2. The van der Waals surface area contributed by atoms with Crippen LogP contribution >= 0.6 is 0 Å². The van der Waals surface area contributed by atoms with Gasteiger partial charge in [0.25, 0.3) is 0 Å². The molecular weight excluding hydrogens is 278 g/mol. The van der Waals surface area contributed by atoms with E-state index >= 15 is 0 Å².